The minimum atomic E-state index is -0.767. The number of nitrogens with one attached hydrogen (secondary N) is 1. The van der Waals surface area contributed by atoms with Crippen molar-refractivity contribution in [3.8, 4) is 22.6 Å². The van der Waals surface area contributed by atoms with Gasteiger partial charge in [0.15, 0.2) is 17.3 Å². The molecule has 1 aliphatic heterocycles. The molecule has 39 heavy (non-hydrogen) atoms. The van der Waals surface area contributed by atoms with Crippen molar-refractivity contribution in [2.75, 3.05) is 30.8 Å². The van der Waals surface area contributed by atoms with Crippen LogP contribution in [0.4, 0.5) is 15.8 Å². The van der Waals surface area contributed by atoms with Crippen molar-refractivity contribution in [2.45, 2.75) is 38.1 Å². The van der Waals surface area contributed by atoms with Crippen molar-refractivity contribution in [3.63, 3.8) is 0 Å². The Morgan fingerprint density at radius 1 is 1.10 bits per heavy atom. The first-order valence-electron chi connectivity index (χ1n) is 13.3. The first-order valence-corrected chi connectivity index (χ1v) is 13.3. The van der Waals surface area contributed by atoms with E-state index in [-0.39, 0.29) is 52.5 Å². The van der Waals surface area contributed by atoms with Gasteiger partial charge in [-0.05, 0) is 43.0 Å². The monoisotopic (exact) mass is 527 g/mol. The molecule has 8 heteroatoms. The van der Waals surface area contributed by atoms with Crippen molar-refractivity contribution in [3.05, 3.63) is 82.4 Å². The number of benzene rings is 3. The van der Waals surface area contributed by atoms with Crippen molar-refractivity contribution in [1.82, 2.24) is 4.57 Å². The number of carbonyl (C=O) groups excluding carboxylic acids is 1. The van der Waals surface area contributed by atoms with Crippen LogP contribution >= 0.6 is 0 Å². The lowest BCUT2D eigenvalue weighted by Gasteiger charge is -2.39. The quantitative estimate of drug-likeness (QED) is 0.181. The van der Waals surface area contributed by atoms with E-state index in [1.54, 1.807) is 6.20 Å². The summed E-state index contributed by atoms with van der Waals surface area (Å²) in [6.07, 6.45) is 5.32. The molecular weight excluding hydrogens is 497 g/mol. The molecule has 1 saturated carbocycles. The van der Waals surface area contributed by atoms with Gasteiger partial charge in [-0.3, -0.25) is 9.59 Å². The molecule has 0 saturated heterocycles. The number of aromatic nitrogens is 1. The molecule has 2 aliphatic rings. The molecule has 1 fully saturated rings. The molecule has 0 bridgehead atoms. The number of anilines is 2. The van der Waals surface area contributed by atoms with Gasteiger partial charge in [-0.2, -0.15) is 0 Å². The largest absolute Gasteiger partial charge is 0.492 e. The minimum Gasteiger partial charge on any atom is -0.492 e. The molecule has 0 atom stereocenters. The molecule has 4 aromatic rings. The van der Waals surface area contributed by atoms with E-state index in [9.17, 15) is 9.59 Å². The van der Waals surface area contributed by atoms with Gasteiger partial charge in [0.1, 0.15) is 24.7 Å². The Hall–Kier alpha value is -4.33. The number of ketones is 1. The molecule has 1 spiro atoms. The molecule has 0 radical (unpaired) electrons. The van der Waals surface area contributed by atoms with Crippen LogP contribution in [0.3, 0.4) is 0 Å². The van der Waals surface area contributed by atoms with Gasteiger partial charge in [-0.15, -0.1) is 0 Å². The van der Waals surface area contributed by atoms with Crippen LogP contribution in [-0.2, 0) is 5.54 Å². The number of nitrogen functional groups attached to an aromatic ring is 1. The first kappa shape index (κ1) is 25.0. The highest BCUT2D eigenvalue weighted by atomic mass is 19.1. The zero-order chi connectivity index (χ0) is 27.1. The van der Waals surface area contributed by atoms with Gasteiger partial charge in [0.05, 0.1) is 27.7 Å². The van der Waals surface area contributed by atoms with E-state index in [4.69, 9.17) is 15.2 Å². The molecular formula is C31H30FN3O4. The van der Waals surface area contributed by atoms with Crippen LogP contribution in [0.5, 0.6) is 11.5 Å². The van der Waals surface area contributed by atoms with Crippen LogP contribution in [0.25, 0.3) is 22.0 Å². The van der Waals surface area contributed by atoms with Gasteiger partial charge in [0.2, 0.25) is 5.43 Å². The molecule has 6 rings (SSSR count). The van der Waals surface area contributed by atoms with Gasteiger partial charge in [-0.25, -0.2) is 4.39 Å². The Morgan fingerprint density at radius 2 is 1.79 bits per heavy atom. The van der Waals surface area contributed by atoms with Crippen molar-refractivity contribution in [2.24, 2.45) is 0 Å². The maximum Gasteiger partial charge on any atom is 0.202 e. The normalized spacial score (nSPS) is 15.3. The van der Waals surface area contributed by atoms with E-state index in [0.717, 1.165) is 36.8 Å². The van der Waals surface area contributed by atoms with Crippen LogP contribution < -0.4 is 26.0 Å². The number of rotatable bonds is 7. The lowest BCUT2D eigenvalue weighted by atomic mass is 9.93. The maximum atomic E-state index is 15.6. The number of fused-ring (bicyclic) bond motifs is 1. The van der Waals surface area contributed by atoms with E-state index in [2.05, 4.69) is 5.32 Å². The summed E-state index contributed by atoms with van der Waals surface area (Å²) in [5.41, 5.74) is 7.74. The van der Waals surface area contributed by atoms with Crippen molar-refractivity contribution >= 4 is 28.1 Å². The summed E-state index contributed by atoms with van der Waals surface area (Å²) >= 11 is 0. The summed E-state index contributed by atoms with van der Waals surface area (Å²) in [4.78, 5) is 25.6. The van der Waals surface area contributed by atoms with Gasteiger partial charge in [-0.1, -0.05) is 55.3 Å². The second kappa shape index (κ2) is 9.76. The number of pyridine rings is 1. The number of Topliss-reactive ketones (excluding diaryl/α,β-unsaturated/α-hetero) is 1. The Kier molecular flexibility index (Phi) is 6.25. The third-order valence-electron chi connectivity index (χ3n) is 7.92. The zero-order valence-corrected chi connectivity index (χ0v) is 21.8. The summed E-state index contributed by atoms with van der Waals surface area (Å²) in [5.74, 6) is -0.200. The van der Waals surface area contributed by atoms with E-state index in [1.165, 1.54) is 6.92 Å². The maximum absolute atomic E-state index is 15.6. The molecule has 0 unspecified atom stereocenters. The molecule has 3 N–H and O–H groups in total. The summed E-state index contributed by atoms with van der Waals surface area (Å²) in [6, 6.07) is 17.9. The SMILES string of the molecule is CC(=O)c1cn2c3c(c(NCCOc4ccc(-c5ccccc5)cc4)c(F)c(N)c3c1=O)OCC21CCCC1. The molecule has 1 aliphatic carbocycles. The van der Waals surface area contributed by atoms with Crippen molar-refractivity contribution < 1.29 is 18.7 Å². The second-order valence-corrected chi connectivity index (χ2v) is 10.3. The van der Waals surface area contributed by atoms with Crippen LogP contribution in [0.2, 0.25) is 0 Å². The number of carbonyl (C=O) groups is 1. The van der Waals surface area contributed by atoms with Crippen LogP contribution in [0.1, 0.15) is 43.0 Å². The molecule has 1 aromatic heterocycles. The van der Waals surface area contributed by atoms with Crippen LogP contribution in [0.15, 0.2) is 65.6 Å². The lowest BCUT2D eigenvalue weighted by Crippen LogP contribution is -2.42. The Morgan fingerprint density at radius 3 is 2.49 bits per heavy atom. The highest BCUT2D eigenvalue weighted by molar-refractivity contribution is 6.04. The summed E-state index contributed by atoms with van der Waals surface area (Å²) in [5, 5.41) is 3.08. The molecule has 3 aromatic carbocycles. The third kappa shape index (κ3) is 4.20. The third-order valence-corrected chi connectivity index (χ3v) is 7.92. The number of nitrogens with zero attached hydrogens (tertiary/aromatic N) is 1. The minimum absolute atomic E-state index is 0.00137. The fourth-order valence-electron chi connectivity index (χ4n) is 5.89. The predicted octanol–water partition coefficient (Wildman–Crippen LogP) is 5.75. The van der Waals surface area contributed by atoms with Gasteiger partial charge in [0, 0.05) is 12.7 Å². The van der Waals surface area contributed by atoms with Gasteiger partial charge >= 0.3 is 0 Å². The number of nitrogens with two attached hydrogens (primary N) is 1. The van der Waals surface area contributed by atoms with Gasteiger partial charge in [0.25, 0.3) is 0 Å². The molecule has 2 heterocycles. The predicted molar refractivity (Wildman–Crippen MR) is 150 cm³/mol. The van der Waals surface area contributed by atoms with E-state index in [0.29, 0.717) is 17.9 Å². The standard InChI is InChI=1S/C31H30FN3O4/c1-19(36)23-17-35-28-24(29(23)37)26(33)25(32)27(30(28)39-18-31(35)13-5-6-14-31)34-15-16-38-22-11-9-21(10-12-22)20-7-3-2-4-8-20/h2-4,7-12,17,34H,5-6,13-16,18,33H2,1H3. The first-order chi connectivity index (χ1) is 18.9. The van der Waals surface area contributed by atoms with E-state index < -0.39 is 11.2 Å². The van der Waals surface area contributed by atoms with Crippen molar-refractivity contribution in [1.29, 1.82) is 0 Å². The Bertz CT molecular complexity index is 1620. The van der Waals surface area contributed by atoms with E-state index >= 15 is 4.39 Å². The highest BCUT2D eigenvalue weighted by Crippen LogP contribution is 2.48. The molecule has 200 valence electrons. The highest BCUT2D eigenvalue weighted by Gasteiger charge is 2.42. The number of hydrogen-bond donors (Lipinski definition) is 2. The van der Waals surface area contributed by atoms with E-state index in [1.807, 2.05) is 59.2 Å². The second-order valence-electron chi connectivity index (χ2n) is 10.3. The van der Waals surface area contributed by atoms with Crippen LogP contribution in [0, 0.1) is 5.82 Å². The summed E-state index contributed by atoms with van der Waals surface area (Å²) in [7, 11) is 0. The fourth-order valence-corrected chi connectivity index (χ4v) is 5.89. The molecule has 7 nitrogen and oxygen atoms in total. The zero-order valence-electron chi connectivity index (χ0n) is 21.8. The van der Waals surface area contributed by atoms with Gasteiger partial charge < -0.3 is 25.1 Å². The number of ether oxygens (including phenoxy) is 2. The average molecular weight is 528 g/mol. The number of hydrogen-bond acceptors (Lipinski definition) is 6. The summed E-state index contributed by atoms with van der Waals surface area (Å²) in [6.45, 7) is 2.22. The smallest absolute Gasteiger partial charge is 0.202 e. The number of halogens is 1. The lowest BCUT2D eigenvalue weighted by molar-refractivity contribution is 0.101. The topological polar surface area (TPSA) is 95.6 Å². The Labute approximate surface area is 225 Å². The summed E-state index contributed by atoms with van der Waals surface area (Å²) < 4.78 is 29.6. The van der Waals surface area contributed by atoms with Crippen LogP contribution in [-0.4, -0.2) is 30.1 Å². The fraction of sp³-hybridized carbons (Fsp3) is 0.290. The average Bonchev–Trinajstić information content (AvgIpc) is 3.42. The molecule has 0 amide bonds. The Balaban J connectivity index is 1.28.